The molecule has 6 nitrogen and oxygen atoms in total. The van der Waals surface area contributed by atoms with Crippen LogP contribution in [0.15, 0.2) is 0 Å². The Morgan fingerprint density at radius 3 is 2.54 bits per heavy atom. The topological polar surface area (TPSA) is 107 Å². The molecule has 6 heteroatoms. The molecule has 1 aliphatic carbocycles. The summed E-state index contributed by atoms with van der Waals surface area (Å²) in [5, 5.41) is 37.3. The molecule has 4 N–H and O–H groups in total. The molecule has 2 fully saturated rings. The molecule has 0 aromatic heterocycles. The van der Waals surface area contributed by atoms with Crippen LogP contribution in [-0.2, 0) is 9.53 Å². The normalized spacial score (nSPS) is 54.9. The number of fused-ring (bicyclic) bond motifs is 2. The van der Waals surface area contributed by atoms with E-state index >= 15 is 0 Å². The van der Waals surface area contributed by atoms with Crippen molar-refractivity contribution in [1.29, 1.82) is 0 Å². The second kappa shape index (κ2) is 2.42. The summed E-state index contributed by atoms with van der Waals surface area (Å²) in [4.78, 5) is 11.0. The molecule has 1 heterocycles. The average molecular weight is 190 g/mol. The first-order valence-electron chi connectivity index (χ1n) is 3.94. The molecule has 0 amide bonds. The first kappa shape index (κ1) is 8.89. The standard InChI is InChI=1S/C7H10O6/c8-3-2-1-7(12,6(11)13-2)5(10)4(3)9/h2-5,8-10,12H,1H2. The van der Waals surface area contributed by atoms with Crippen molar-refractivity contribution in [2.75, 3.05) is 0 Å². The van der Waals surface area contributed by atoms with E-state index in [9.17, 15) is 25.2 Å². The highest BCUT2D eigenvalue weighted by Gasteiger charge is 2.62. The first-order valence-corrected chi connectivity index (χ1v) is 3.94. The molecular formula is C7H10O6. The highest BCUT2D eigenvalue weighted by molar-refractivity contribution is 5.83. The van der Waals surface area contributed by atoms with Crippen LogP contribution in [0.3, 0.4) is 0 Å². The van der Waals surface area contributed by atoms with Gasteiger partial charge in [0.25, 0.3) is 0 Å². The van der Waals surface area contributed by atoms with E-state index in [2.05, 4.69) is 4.74 Å². The molecule has 5 unspecified atom stereocenters. The Bertz CT molecular complexity index is 253. The lowest BCUT2D eigenvalue weighted by molar-refractivity contribution is -0.178. The Kier molecular flexibility index (Phi) is 1.65. The van der Waals surface area contributed by atoms with E-state index in [0.717, 1.165) is 0 Å². The smallest absolute Gasteiger partial charge is 0.341 e. The molecule has 0 spiro atoms. The lowest BCUT2D eigenvalue weighted by Gasteiger charge is -2.35. The van der Waals surface area contributed by atoms with E-state index in [4.69, 9.17) is 0 Å². The predicted molar refractivity (Wildman–Crippen MR) is 37.5 cm³/mol. The van der Waals surface area contributed by atoms with Gasteiger partial charge in [0.2, 0.25) is 0 Å². The summed E-state index contributed by atoms with van der Waals surface area (Å²) in [5.41, 5.74) is -2.05. The molecule has 1 saturated heterocycles. The largest absolute Gasteiger partial charge is 0.457 e. The molecule has 13 heavy (non-hydrogen) atoms. The maximum Gasteiger partial charge on any atom is 0.341 e. The lowest BCUT2D eigenvalue weighted by atomic mass is 9.80. The zero-order valence-electron chi connectivity index (χ0n) is 6.62. The Balaban J connectivity index is 2.36. The summed E-state index contributed by atoms with van der Waals surface area (Å²) >= 11 is 0. The molecule has 0 aromatic carbocycles. The fourth-order valence-corrected chi connectivity index (χ4v) is 1.79. The van der Waals surface area contributed by atoms with Crippen molar-refractivity contribution in [1.82, 2.24) is 0 Å². The van der Waals surface area contributed by atoms with Gasteiger partial charge in [0.1, 0.15) is 24.4 Å². The molecule has 1 saturated carbocycles. The number of carbonyl (C=O) groups is 1. The van der Waals surface area contributed by atoms with Crippen LogP contribution in [0.2, 0.25) is 0 Å². The van der Waals surface area contributed by atoms with Gasteiger partial charge in [-0.05, 0) is 0 Å². The van der Waals surface area contributed by atoms with E-state index in [1.807, 2.05) is 0 Å². The van der Waals surface area contributed by atoms with Gasteiger partial charge in [0.05, 0.1) is 0 Å². The zero-order chi connectivity index (χ0) is 9.80. The SMILES string of the molecule is O=C1OC2CC1(O)C(O)C(O)C2O. The summed E-state index contributed by atoms with van der Waals surface area (Å²) in [6.07, 6.45) is -5.66. The van der Waals surface area contributed by atoms with Crippen LogP contribution in [0, 0.1) is 0 Å². The average Bonchev–Trinajstić information content (AvgIpc) is 2.37. The summed E-state index contributed by atoms with van der Waals surface area (Å²) in [7, 11) is 0. The Morgan fingerprint density at radius 1 is 1.31 bits per heavy atom. The maximum atomic E-state index is 11.0. The highest BCUT2D eigenvalue weighted by atomic mass is 16.6. The van der Waals surface area contributed by atoms with Gasteiger partial charge in [-0.2, -0.15) is 0 Å². The second-order valence-electron chi connectivity index (χ2n) is 3.50. The van der Waals surface area contributed by atoms with E-state index in [1.165, 1.54) is 0 Å². The monoisotopic (exact) mass is 190 g/mol. The van der Waals surface area contributed by atoms with Crippen molar-refractivity contribution in [2.45, 2.75) is 36.4 Å². The number of ether oxygens (including phenoxy) is 1. The number of rotatable bonds is 0. The summed E-state index contributed by atoms with van der Waals surface area (Å²) in [5.74, 6) is -0.986. The Labute approximate surface area is 73.4 Å². The fraction of sp³-hybridized carbons (Fsp3) is 0.857. The van der Waals surface area contributed by atoms with E-state index in [0.29, 0.717) is 0 Å². The van der Waals surface area contributed by atoms with Gasteiger partial charge in [-0.25, -0.2) is 4.79 Å². The summed E-state index contributed by atoms with van der Waals surface area (Å²) in [6.45, 7) is 0. The van der Waals surface area contributed by atoms with Gasteiger partial charge in [0, 0.05) is 6.42 Å². The van der Waals surface area contributed by atoms with Gasteiger partial charge < -0.3 is 25.2 Å². The molecule has 1 aliphatic heterocycles. The van der Waals surface area contributed by atoms with Crippen LogP contribution in [0.25, 0.3) is 0 Å². The third kappa shape index (κ3) is 0.939. The van der Waals surface area contributed by atoms with Crippen LogP contribution >= 0.6 is 0 Å². The van der Waals surface area contributed by atoms with Crippen molar-refractivity contribution < 1.29 is 30.0 Å². The predicted octanol–water partition coefficient (Wildman–Crippen LogP) is -2.87. The van der Waals surface area contributed by atoms with Crippen molar-refractivity contribution in [3.05, 3.63) is 0 Å². The zero-order valence-corrected chi connectivity index (χ0v) is 6.62. The Hall–Kier alpha value is -0.690. The number of aliphatic hydroxyl groups excluding tert-OH is 3. The van der Waals surface area contributed by atoms with Crippen LogP contribution in [0.1, 0.15) is 6.42 Å². The van der Waals surface area contributed by atoms with Crippen molar-refractivity contribution in [3.63, 3.8) is 0 Å². The summed E-state index contributed by atoms with van der Waals surface area (Å²) in [6, 6.07) is 0. The van der Waals surface area contributed by atoms with Gasteiger partial charge in [0.15, 0.2) is 5.60 Å². The first-order chi connectivity index (χ1) is 5.97. The number of hydrogen-bond acceptors (Lipinski definition) is 6. The number of esters is 1. The van der Waals surface area contributed by atoms with E-state index in [1.54, 1.807) is 0 Å². The molecule has 5 atom stereocenters. The third-order valence-corrected chi connectivity index (χ3v) is 2.67. The van der Waals surface area contributed by atoms with Crippen molar-refractivity contribution in [2.24, 2.45) is 0 Å². The molecule has 2 bridgehead atoms. The van der Waals surface area contributed by atoms with Crippen LogP contribution in [-0.4, -0.2) is 56.4 Å². The molecule has 2 rings (SSSR count). The molecule has 0 radical (unpaired) electrons. The molecular weight excluding hydrogens is 180 g/mol. The second-order valence-corrected chi connectivity index (χ2v) is 3.50. The minimum absolute atomic E-state index is 0.175. The van der Waals surface area contributed by atoms with E-state index in [-0.39, 0.29) is 6.42 Å². The van der Waals surface area contributed by atoms with Crippen LogP contribution in [0.4, 0.5) is 0 Å². The minimum atomic E-state index is -2.05. The fourth-order valence-electron chi connectivity index (χ4n) is 1.79. The summed E-state index contributed by atoms with van der Waals surface area (Å²) < 4.78 is 4.58. The van der Waals surface area contributed by atoms with Crippen molar-refractivity contribution in [3.8, 4) is 0 Å². The van der Waals surface area contributed by atoms with Gasteiger partial charge in [-0.1, -0.05) is 0 Å². The van der Waals surface area contributed by atoms with Crippen LogP contribution < -0.4 is 0 Å². The van der Waals surface area contributed by atoms with Crippen LogP contribution in [0.5, 0.6) is 0 Å². The van der Waals surface area contributed by atoms with Gasteiger partial charge >= 0.3 is 5.97 Å². The van der Waals surface area contributed by atoms with Gasteiger partial charge in [-0.3, -0.25) is 0 Å². The third-order valence-electron chi connectivity index (χ3n) is 2.67. The quantitative estimate of drug-likeness (QED) is 0.306. The minimum Gasteiger partial charge on any atom is -0.457 e. The molecule has 0 aromatic rings. The van der Waals surface area contributed by atoms with Gasteiger partial charge in [-0.15, -0.1) is 0 Å². The molecule has 2 aliphatic rings. The number of hydrogen-bond donors (Lipinski definition) is 4. The number of aliphatic hydroxyl groups is 4. The maximum absolute atomic E-state index is 11.0. The number of carbonyl (C=O) groups excluding carboxylic acids is 1. The van der Waals surface area contributed by atoms with E-state index < -0.39 is 36.0 Å². The van der Waals surface area contributed by atoms with Crippen molar-refractivity contribution >= 4 is 5.97 Å². The lowest BCUT2D eigenvalue weighted by Crippen LogP contribution is -2.60. The molecule has 74 valence electrons. The highest BCUT2D eigenvalue weighted by Crippen LogP contribution is 2.38. The Morgan fingerprint density at radius 2 is 1.92 bits per heavy atom.